The molecular formula is C19H25NO5S. The van der Waals surface area contributed by atoms with Crippen LogP contribution >= 0.6 is 0 Å². The first-order chi connectivity index (χ1) is 12.3. The zero-order valence-electron chi connectivity index (χ0n) is 15.0. The second kappa shape index (κ2) is 7.78. The Morgan fingerprint density at radius 1 is 1.23 bits per heavy atom. The lowest BCUT2D eigenvalue weighted by molar-refractivity contribution is -0.152. The van der Waals surface area contributed by atoms with Gasteiger partial charge in [-0.25, -0.2) is 8.42 Å². The number of esters is 1. The van der Waals surface area contributed by atoms with E-state index in [1.165, 1.54) is 24.0 Å². The van der Waals surface area contributed by atoms with Crippen LogP contribution in [0.15, 0.2) is 18.2 Å². The minimum absolute atomic E-state index is 0.00826. The number of amides is 1. The van der Waals surface area contributed by atoms with Crippen molar-refractivity contribution in [1.29, 1.82) is 0 Å². The minimum Gasteiger partial charge on any atom is -0.455 e. The van der Waals surface area contributed by atoms with Gasteiger partial charge < -0.3 is 10.1 Å². The summed E-state index contributed by atoms with van der Waals surface area (Å²) in [4.78, 5) is 23.9. The van der Waals surface area contributed by atoms with Gasteiger partial charge in [-0.1, -0.05) is 18.2 Å². The van der Waals surface area contributed by atoms with Crippen molar-refractivity contribution in [3.05, 3.63) is 34.9 Å². The number of benzene rings is 1. The summed E-state index contributed by atoms with van der Waals surface area (Å²) < 4.78 is 27.8. The molecule has 2 aliphatic rings. The van der Waals surface area contributed by atoms with E-state index in [9.17, 15) is 18.0 Å². The van der Waals surface area contributed by atoms with E-state index < -0.39 is 21.7 Å². The van der Waals surface area contributed by atoms with E-state index >= 15 is 0 Å². The quantitative estimate of drug-likeness (QED) is 0.787. The monoisotopic (exact) mass is 379 g/mol. The summed E-state index contributed by atoms with van der Waals surface area (Å²) in [5.74, 6) is -1.81. The Morgan fingerprint density at radius 3 is 2.65 bits per heavy atom. The van der Waals surface area contributed by atoms with Crippen LogP contribution in [-0.4, -0.2) is 38.4 Å². The molecule has 1 N–H and O–H groups in total. The first-order valence-electron chi connectivity index (χ1n) is 9.12. The molecule has 1 aliphatic carbocycles. The van der Waals surface area contributed by atoms with Crippen LogP contribution in [0.4, 0.5) is 0 Å². The van der Waals surface area contributed by atoms with Gasteiger partial charge in [0.25, 0.3) is 5.91 Å². The van der Waals surface area contributed by atoms with Gasteiger partial charge in [0.05, 0.1) is 23.5 Å². The van der Waals surface area contributed by atoms with E-state index in [2.05, 4.69) is 17.4 Å². The van der Waals surface area contributed by atoms with Gasteiger partial charge in [0.1, 0.15) is 0 Å². The van der Waals surface area contributed by atoms with E-state index in [0.29, 0.717) is 0 Å². The highest BCUT2D eigenvalue weighted by Gasteiger charge is 2.34. The lowest BCUT2D eigenvalue weighted by atomic mass is 9.89. The van der Waals surface area contributed by atoms with Gasteiger partial charge >= 0.3 is 5.97 Å². The number of sulfone groups is 1. The predicted molar refractivity (Wildman–Crippen MR) is 97.4 cm³/mol. The Balaban J connectivity index is 1.49. The van der Waals surface area contributed by atoms with Gasteiger partial charge in [0.15, 0.2) is 16.4 Å². The lowest BCUT2D eigenvalue weighted by Gasteiger charge is -2.20. The molecule has 3 rings (SSSR count). The van der Waals surface area contributed by atoms with E-state index in [1.54, 1.807) is 0 Å². The molecule has 0 spiro atoms. The summed E-state index contributed by atoms with van der Waals surface area (Å²) in [7, 11) is -3.14. The van der Waals surface area contributed by atoms with Crippen molar-refractivity contribution in [2.75, 3.05) is 18.1 Å². The third kappa shape index (κ3) is 4.63. The van der Waals surface area contributed by atoms with Crippen molar-refractivity contribution in [2.45, 2.75) is 45.1 Å². The van der Waals surface area contributed by atoms with Crippen molar-refractivity contribution >= 4 is 21.7 Å². The van der Waals surface area contributed by atoms with Gasteiger partial charge in [0.2, 0.25) is 0 Å². The molecule has 26 heavy (non-hydrogen) atoms. The number of hydrogen-bond donors (Lipinski definition) is 1. The fraction of sp³-hybridized carbons (Fsp3) is 0.579. The predicted octanol–water partition coefficient (Wildman–Crippen LogP) is 1.72. The van der Waals surface area contributed by atoms with Gasteiger partial charge in [-0.15, -0.1) is 0 Å². The molecule has 1 fully saturated rings. The smallest absolute Gasteiger partial charge is 0.310 e. The van der Waals surface area contributed by atoms with Crippen LogP contribution in [0.2, 0.25) is 0 Å². The topological polar surface area (TPSA) is 89.5 Å². The number of rotatable bonds is 5. The molecule has 1 saturated heterocycles. The lowest BCUT2D eigenvalue weighted by Crippen LogP contribution is -2.32. The van der Waals surface area contributed by atoms with Crippen molar-refractivity contribution in [2.24, 2.45) is 5.92 Å². The fourth-order valence-corrected chi connectivity index (χ4v) is 5.35. The molecule has 1 aliphatic heterocycles. The molecular weight excluding hydrogens is 354 g/mol. The molecule has 1 aromatic rings. The number of fused-ring (bicyclic) bond motifs is 1. The average molecular weight is 379 g/mol. The Kier molecular flexibility index (Phi) is 5.65. The number of carbonyl (C=O) groups excluding carboxylic acids is 2. The van der Waals surface area contributed by atoms with Gasteiger partial charge in [0, 0.05) is 0 Å². The molecule has 2 atom stereocenters. The Morgan fingerprint density at radius 2 is 1.96 bits per heavy atom. The highest BCUT2D eigenvalue weighted by molar-refractivity contribution is 7.91. The average Bonchev–Trinajstić information content (AvgIpc) is 2.99. The molecule has 6 nitrogen and oxygen atoms in total. The van der Waals surface area contributed by atoms with Gasteiger partial charge in [-0.2, -0.15) is 0 Å². The molecule has 0 unspecified atom stereocenters. The Labute approximate surface area is 154 Å². The fourth-order valence-electron chi connectivity index (χ4n) is 3.62. The number of aryl methyl sites for hydroxylation is 2. The first-order valence-corrected chi connectivity index (χ1v) is 10.9. The summed E-state index contributed by atoms with van der Waals surface area (Å²) in [5.41, 5.74) is 3.77. The minimum atomic E-state index is -3.14. The van der Waals surface area contributed by atoms with Gasteiger partial charge in [-0.3, -0.25) is 9.59 Å². The summed E-state index contributed by atoms with van der Waals surface area (Å²) in [6, 6.07) is 6.13. The van der Waals surface area contributed by atoms with E-state index in [1.807, 2.05) is 13.0 Å². The molecule has 1 heterocycles. The molecule has 142 valence electrons. The van der Waals surface area contributed by atoms with Crippen molar-refractivity contribution in [3.63, 3.8) is 0 Å². The maximum absolute atomic E-state index is 12.1. The summed E-state index contributed by atoms with van der Waals surface area (Å²) in [6.45, 7) is 1.51. The SMILES string of the molecule is C[C@@H](NC(=O)COC(=O)[C@@H]1CCS(=O)(=O)C1)c1ccc2c(c1)CCCC2. The molecule has 0 saturated carbocycles. The summed E-state index contributed by atoms with van der Waals surface area (Å²) in [6.07, 6.45) is 4.89. The number of carbonyl (C=O) groups is 2. The van der Waals surface area contributed by atoms with Gasteiger partial charge in [-0.05, 0) is 55.7 Å². The van der Waals surface area contributed by atoms with Crippen LogP contribution in [0.3, 0.4) is 0 Å². The third-order valence-electron chi connectivity index (χ3n) is 5.16. The first kappa shape index (κ1) is 18.9. The van der Waals surface area contributed by atoms with Crippen molar-refractivity contribution in [1.82, 2.24) is 5.32 Å². The highest BCUT2D eigenvalue weighted by Crippen LogP contribution is 2.25. The molecule has 1 amide bonds. The Hall–Kier alpha value is -1.89. The van der Waals surface area contributed by atoms with E-state index in [-0.39, 0.29) is 36.5 Å². The maximum Gasteiger partial charge on any atom is 0.310 e. The molecule has 0 bridgehead atoms. The zero-order valence-corrected chi connectivity index (χ0v) is 15.8. The van der Waals surface area contributed by atoms with Crippen molar-refractivity contribution < 1.29 is 22.7 Å². The number of nitrogens with one attached hydrogen (secondary N) is 1. The van der Waals surface area contributed by atoms with Crippen LogP contribution < -0.4 is 5.32 Å². The Bertz CT molecular complexity index is 802. The largest absolute Gasteiger partial charge is 0.455 e. The van der Waals surface area contributed by atoms with Crippen molar-refractivity contribution in [3.8, 4) is 0 Å². The van der Waals surface area contributed by atoms with E-state index in [4.69, 9.17) is 4.74 Å². The second-order valence-electron chi connectivity index (χ2n) is 7.23. The van der Waals surface area contributed by atoms with Crippen LogP contribution in [0, 0.1) is 5.92 Å². The maximum atomic E-state index is 12.1. The number of hydrogen-bond acceptors (Lipinski definition) is 5. The molecule has 7 heteroatoms. The van der Waals surface area contributed by atoms with Crippen LogP contribution in [0.25, 0.3) is 0 Å². The second-order valence-corrected chi connectivity index (χ2v) is 9.46. The molecule has 0 radical (unpaired) electrons. The normalized spacial score (nSPS) is 22.3. The van der Waals surface area contributed by atoms with Crippen LogP contribution in [0.5, 0.6) is 0 Å². The standard InChI is InChI=1S/C19H25NO5S/c1-13(15-7-6-14-4-2-3-5-16(14)10-15)20-18(21)11-25-19(22)17-8-9-26(23,24)12-17/h6-7,10,13,17H,2-5,8-9,11-12H2,1H3,(H,20,21)/t13-,17-/m1/s1. The van der Waals surface area contributed by atoms with Crippen LogP contribution in [0.1, 0.15) is 48.9 Å². The van der Waals surface area contributed by atoms with Crippen LogP contribution in [-0.2, 0) is 37.0 Å². The zero-order chi connectivity index (χ0) is 18.7. The highest BCUT2D eigenvalue weighted by atomic mass is 32.2. The summed E-state index contributed by atoms with van der Waals surface area (Å²) >= 11 is 0. The third-order valence-corrected chi connectivity index (χ3v) is 6.93. The summed E-state index contributed by atoms with van der Waals surface area (Å²) in [5, 5.41) is 2.83. The molecule has 1 aromatic carbocycles. The van der Waals surface area contributed by atoms with E-state index in [0.717, 1.165) is 18.4 Å². The molecule has 0 aromatic heterocycles. The number of ether oxygens (including phenoxy) is 1.